The van der Waals surface area contributed by atoms with Crippen LogP contribution in [-0.4, -0.2) is 48.6 Å². The molecule has 0 atom stereocenters. The zero-order valence-electron chi connectivity index (χ0n) is 11.5. The Bertz CT molecular complexity index is 332. The van der Waals surface area contributed by atoms with E-state index in [0.717, 1.165) is 18.8 Å². The lowest BCUT2D eigenvalue weighted by atomic mass is 10.2. The van der Waals surface area contributed by atoms with Crippen molar-refractivity contribution in [3.05, 3.63) is 12.7 Å². The van der Waals surface area contributed by atoms with Gasteiger partial charge in [-0.25, -0.2) is 4.79 Å². The van der Waals surface area contributed by atoms with Crippen LogP contribution in [0.3, 0.4) is 0 Å². The lowest BCUT2D eigenvalue weighted by Crippen LogP contribution is -2.47. The third-order valence-electron chi connectivity index (χ3n) is 2.34. The summed E-state index contributed by atoms with van der Waals surface area (Å²) in [6.07, 6.45) is 2.45. The van der Waals surface area contributed by atoms with Crippen LogP contribution in [0.5, 0.6) is 0 Å². The molecular weight excluding hydrogens is 230 g/mol. The molecule has 0 aromatic rings. The van der Waals surface area contributed by atoms with Crippen molar-refractivity contribution in [3.8, 4) is 0 Å². The van der Waals surface area contributed by atoms with Crippen LogP contribution < -0.4 is 5.32 Å². The van der Waals surface area contributed by atoms with Crippen molar-refractivity contribution in [2.45, 2.75) is 32.8 Å². The van der Waals surface area contributed by atoms with E-state index >= 15 is 0 Å². The van der Waals surface area contributed by atoms with E-state index in [9.17, 15) is 4.79 Å². The van der Waals surface area contributed by atoms with Gasteiger partial charge in [0.15, 0.2) is 0 Å². The Kier molecular flexibility index (Phi) is 5.19. The summed E-state index contributed by atoms with van der Waals surface area (Å²) >= 11 is 0. The van der Waals surface area contributed by atoms with Crippen LogP contribution in [0.25, 0.3) is 0 Å². The lowest BCUT2D eigenvalue weighted by Gasteiger charge is -2.29. The first-order valence-corrected chi connectivity index (χ1v) is 6.28. The highest BCUT2D eigenvalue weighted by Gasteiger charge is 2.24. The fourth-order valence-electron chi connectivity index (χ4n) is 1.53. The smallest absolute Gasteiger partial charge is 0.410 e. The Hall–Kier alpha value is -1.52. The summed E-state index contributed by atoms with van der Waals surface area (Å²) in [7, 11) is 0. The Morgan fingerprint density at radius 1 is 1.61 bits per heavy atom. The minimum atomic E-state index is -0.456. The van der Waals surface area contributed by atoms with E-state index < -0.39 is 5.60 Å². The van der Waals surface area contributed by atoms with Crippen LogP contribution in [0.1, 0.15) is 27.2 Å². The average molecular weight is 253 g/mol. The first-order valence-electron chi connectivity index (χ1n) is 6.28. The van der Waals surface area contributed by atoms with Crippen LogP contribution in [0.15, 0.2) is 17.6 Å². The number of hydrogen-bond acceptors (Lipinski definition) is 4. The van der Waals surface area contributed by atoms with E-state index in [-0.39, 0.29) is 6.09 Å². The predicted molar refractivity (Wildman–Crippen MR) is 72.9 cm³/mol. The molecule has 0 unspecified atom stereocenters. The van der Waals surface area contributed by atoms with E-state index in [0.29, 0.717) is 19.6 Å². The number of ether oxygens (including phenoxy) is 1. The minimum absolute atomic E-state index is 0.277. The summed E-state index contributed by atoms with van der Waals surface area (Å²) in [5.41, 5.74) is -0.456. The van der Waals surface area contributed by atoms with Crippen molar-refractivity contribution in [1.29, 1.82) is 0 Å². The van der Waals surface area contributed by atoms with Gasteiger partial charge < -0.3 is 10.1 Å². The predicted octanol–water partition coefficient (Wildman–Crippen LogP) is 1.80. The van der Waals surface area contributed by atoms with Gasteiger partial charge in [0.05, 0.1) is 13.1 Å². The summed E-state index contributed by atoms with van der Waals surface area (Å²) in [6.45, 7) is 11.8. The van der Waals surface area contributed by atoms with Crippen molar-refractivity contribution in [3.63, 3.8) is 0 Å². The molecule has 1 N–H and O–H groups in total. The molecule has 5 heteroatoms. The molecule has 0 saturated carbocycles. The van der Waals surface area contributed by atoms with Crippen molar-refractivity contribution in [2.75, 3.05) is 26.2 Å². The molecule has 0 bridgehead atoms. The number of nitrogens with one attached hydrogen (secondary N) is 1. The van der Waals surface area contributed by atoms with E-state index in [1.54, 1.807) is 4.90 Å². The number of aliphatic imine (C=N–C) groups is 1. The first kappa shape index (κ1) is 14.5. The minimum Gasteiger partial charge on any atom is -0.444 e. The third kappa shape index (κ3) is 5.21. The quantitative estimate of drug-likeness (QED) is 0.616. The highest BCUT2D eigenvalue weighted by molar-refractivity contribution is 5.87. The average Bonchev–Trinajstić information content (AvgIpc) is 2.27. The van der Waals surface area contributed by atoms with Gasteiger partial charge >= 0.3 is 6.09 Å². The number of carbonyl (C=O) groups excluding carboxylic acids is 1. The van der Waals surface area contributed by atoms with E-state index in [2.05, 4.69) is 16.9 Å². The van der Waals surface area contributed by atoms with Gasteiger partial charge in [-0.1, -0.05) is 6.08 Å². The molecule has 1 aliphatic rings. The second-order valence-electron chi connectivity index (χ2n) is 5.23. The number of rotatable bonds is 3. The largest absolute Gasteiger partial charge is 0.444 e. The molecule has 1 heterocycles. The fraction of sp³-hybridized carbons (Fsp3) is 0.692. The number of hydrogen-bond donors (Lipinski definition) is 1. The van der Waals surface area contributed by atoms with Crippen molar-refractivity contribution < 1.29 is 9.53 Å². The molecule has 18 heavy (non-hydrogen) atoms. The molecular formula is C13H23N3O2. The van der Waals surface area contributed by atoms with Crippen LogP contribution >= 0.6 is 0 Å². The summed E-state index contributed by atoms with van der Waals surface area (Å²) in [5.74, 6) is 0.842. The molecule has 0 aromatic heterocycles. The number of nitrogens with zero attached hydrogens (tertiary/aromatic N) is 2. The standard InChI is InChI=1S/C13H23N3O2/c1-5-6-7-14-11-10-16(9-8-15-11)12(17)18-13(2,3)4/h5H,1,6-10H2,2-4H3,(H,14,15). The summed E-state index contributed by atoms with van der Waals surface area (Å²) in [6, 6.07) is 0. The van der Waals surface area contributed by atoms with Gasteiger partial charge in [-0.3, -0.25) is 9.89 Å². The fourth-order valence-corrected chi connectivity index (χ4v) is 1.53. The van der Waals surface area contributed by atoms with Crippen molar-refractivity contribution >= 4 is 11.9 Å². The maximum absolute atomic E-state index is 11.9. The van der Waals surface area contributed by atoms with Gasteiger partial charge in [-0.15, -0.1) is 6.58 Å². The van der Waals surface area contributed by atoms with Crippen molar-refractivity contribution in [2.24, 2.45) is 4.99 Å². The van der Waals surface area contributed by atoms with Gasteiger partial charge in [0.2, 0.25) is 0 Å². The molecule has 0 saturated heterocycles. The van der Waals surface area contributed by atoms with Gasteiger partial charge in [0, 0.05) is 13.1 Å². The van der Waals surface area contributed by atoms with Crippen molar-refractivity contribution in [1.82, 2.24) is 10.2 Å². The second-order valence-corrected chi connectivity index (χ2v) is 5.23. The zero-order valence-corrected chi connectivity index (χ0v) is 11.5. The molecule has 0 aromatic carbocycles. The summed E-state index contributed by atoms with van der Waals surface area (Å²) < 4.78 is 5.34. The molecule has 1 aliphatic heterocycles. The molecule has 0 aliphatic carbocycles. The van der Waals surface area contributed by atoms with Crippen LogP contribution in [0, 0.1) is 0 Å². The maximum atomic E-state index is 11.9. The van der Waals surface area contributed by atoms with E-state index in [4.69, 9.17) is 4.74 Å². The number of amides is 1. The molecule has 1 amide bonds. The second kappa shape index (κ2) is 6.42. The third-order valence-corrected chi connectivity index (χ3v) is 2.34. The first-order chi connectivity index (χ1) is 8.42. The summed E-state index contributed by atoms with van der Waals surface area (Å²) in [4.78, 5) is 17.9. The van der Waals surface area contributed by atoms with Crippen LogP contribution in [-0.2, 0) is 4.74 Å². The molecule has 0 radical (unpaired) electrons. The molecule has 5 nitrogen and oxygen atoms in total. The van der Waals surface area contributed by atoms with Gasteiger partial charge in [-0.05, 0) is 27.2 Å². The topological polar surface area (TPSA) is 53.9 Å². The Morgan fingerprint density at radius 3 is 2.94 bits per heavy atom. The highest BCUT2D eigenvalue weighted by atomic mass is 16.6. The molecule has 102 valence electrons. The molecule has 0 fully saturated rings. The maximum Gasteiger partial charge on any atom is 0.410 e. The molecule has 0 spiro atoms. The SMILES string of the molecule is C=CCCNC1=NCCN(C(=O)OC(C)(C)C)C1. The van der Waals surface area contributed by atoms with Crippen LogP contribution in [0.2, 0.25) is 0 Å². The van der Waals surface area contributed by atoms with Crippen LogP contribution in [0.4, 0.5) is 4.79 Å². The van der Waals surface area contributed by atoms with Gasteiger partial charge in [0.1, 0.15) is 11.4 Å². The highest BCUT2D eigenvalue weighted by Crippen LogP contribution is 2.10. The normalized spacial score (nSPS) is 15.9. The Labute approximate surface area is 109 Å². The zero-order chi connectivity index (χ0) is 13.6. The number of carbonyl (C=O) groups is 1. The lowest BCUT2D eigenvalue weighted by molar-refractivity contribution is 0.0276. The molecule has 1 rings (SSSR count). The van der Waals surface area contributed by atoms with E-state index in [1.807, 2.05) is 26.8 Å². The monoisotopic (exact) mass is 253 g/mol. The number of amidine groups is 1. The van der Waals surface area contributed by atoms with Gasteiger partial charge in [-0.2, -0.15) is 0 Å². The van der Waals surface area contributed by atoms with E-state index in [1.165, 1.54) is 0 Å². The Morgan fingerprint density at radius 2 is 2.33 bits per heavy atom. The summed E-state index contributed by atoms with van der Waals surface area (Å²) in [5, 5.41) is 3.20. The van der Waals surface area contributed by atoms with Gasteiger partial charge in [0.25, 0.3) is 0 Å². The Balaban J connectivity index is 2.44.